The number of fused-ring (bicyclic) bond motifs is 3. The number of rotatable bonds is 4. The molecule has 174 valence electrons. The highest BCUT2D eigenvalue weighted by atomic mass is 35.5. The first-order chi connectivity index (χ1) is 16.0. The molecule has 33 heavy (non-hydrogen) atoms. The van der Waals surface area contributed by atoms with E-state index < -0.39 is 0 Å². The molecule has 3 aromatic heterocycles. The fourth-order valence-corrected chi connectivity index (χ4v) is 4.77. The van der Waals surface area contributed by atoms with Gasteiger partial charge in [-0.25, -0.2) is 9.97 Å². The van der Waals surface area contributed by atoms with Gasteiger partial charge in [-0.1, -0.05) is 37.0 Å². The number of benzene rings is 1. The maximum Gasteiger partial charge on any atom is 0.224 e. The van der Waals surface area contributed by atoms with Gasteiger partial charge >= 0.3 is 0 Å². The van der Waals surface area contributed by atoms with Crippen LogP contribution in [0.5, 0.6) is 11.5 Å². The lowest BCUT2D eigenvalue weighted by atomic mass is 10.0. The molecule has 2 atom stereocenters. The number of imidazole rings is 1. The summed E-state index contributed by atoms with van der Waals surface area (Å²) in [5, 5.41) is 14.8. The predicted molar refractivity (Wildman–Crippen MR) is 133 cm³/mol. The molecular formula is C23H26Cl2N6O2. The van der Waals surface area contributed by atoms with Crippen molar-refractivity contribution in [2.45, 2.75) is 45.2 Å². The minimum atomic E-state index is -0.133. The number of nitrogens with one attached hydrogen (secondary N) is 1. The van der Waals surface area contributed by atoms with E-state index >= 15 is 0 Å². The third-order valence-corrected chi connectivity index (χ3v) is 6.48. The van der Waals surface area contributed by atoms with Crippen molar-refractivity contribution in [2.24, 2.45) is 5.73 Å². The van der Waals surface area contributed by atoms with E-state index in [1.54, 1.807) is 18.6 Å². The number of ether oxygens (including phenoxy) is 1. The van der Waals surface area contributed by atoms with Crippen molar-refractivity contribution in [3.05, 3.63) is 40.8 Å². The topological polar surface area (TPSA) is 111 Å². The average Bonchev–Trinajstić information content (AvgIpc) is 3.48. The highest BCUT2D eigenvalue weighted by Crippen LogP contribution is 2.47. The fraction of sp³-hybridized carbons (Fsp3) is 0.348. The number of anilines is 1. The summed E-state index contributed by atoms with van der Waals surface area (Å²) in [5.74, 6) is 0.700. The third kappa shape index (κ3) is 4.14. The Labute approximate surface area is 201 Å². The molecule has 0 saturated heterocycles. The second-order valence-electron chi connectivity index (χ2n) is 7.60. The molecule has 0 bridgehead atoms. The van der Waals surface area contributed by atoms with Gasteiger partial charge in [0.2, 0.25) is 5.95 Å². The molecule has 5 rings (SSSR count). The Morgan fingerprint density at radius 2 is 1.94 bits per heavy atom. The van der Waals surface area contributed by atoms with E-state index in [-0.39, 0.29) is 27.9 Å². The zero-order valence-corrected chi connectivity index (χ0v) is 20.2. The summed E-state index contributed by atoms with van der Waals surface area (Å²) in [6.45, 7) is 4.00. The van der Waals surface area contributed by atoms with Gasteiger partial charge in [-0.05, 0) is 25.3 Å². The summed E-state index contributed by atoms with van der Waals surface area (Å²) in [7, 11) is 1.47. The monoisotopic (exact) mass is 488 g/mol. The lowest BCUT2D eigenvalue weighted by Crippen LogP contribution is -2.35. The first-order valence-electron chi connectivity index (χ1n) is 10.9. The van der Waals surface area contributed by atoms with Crippen LogP contribution in [0.15, 0.2) is 30.7 Å². The van der Waals surface area contributed by atoms with Crippen LogP contribution in [0.25, 0.3) is 27.8 Å². The highest BCUT2D eigenvalue weighted by molar-refractivity contribution is 6.41. The summed E-state index contributed by atoms with van der Waals surface area (Å²) in [4.78, 5) is 13.7. The Kier molecular flexibility index (Phi) is 6.78. The number of aromatic nitrogens is 4. The first-order valence-corrected chi connectivity index (χ1v) is 11.6. The molecule has 1 aliphatic rings. The number of halogens is 2. The summed E-state index contributed by atoms with van der Waals surface area (Å²) in [6.07, 6.45) is 8.29. The number of aromatic hydroxyl groups is 1. The Morgan fingerprint density at radius 1 is 1.15 bits per heavy atom. The van der Waals surface area contributed by atoms with Crippen molar-refractivity contribution in [3.63, 3.8) is 0 Å². The molecule has 1 aromatic carbocycles. The van der Waals surface area contributed by atoms with Gasteiger partial charge in [0.1, 0.15) is 17.1 Å². The Bertz CT molecular complexity index is 1310. The molecule has 1 saturated carbocycles. The van der Waals surface area contributed by atoms with E-state index in [4.69, 9.17) is 38.7 Å². The summed E-state index contributed by atoms with van der Waals surface area (Å²) < 4.78 is 7.13. The van der Waals surface area contributed by atoms with Crippen LogP contribution >= 0.6 is 23.2 Å². The van der Waals surface area contributed by atoms with E-state index in [1.165, 1.54) is 13.2 Å². The van der Waals surface area contributed by atoms with Crippen molar-refractivity contribution in [2.75, 3.05) is 12.4 Å². The van der Waals surface area contributed by atoms with E-state index in [2.05, 4.69) is 15.3 Å². The molecule has 0 aliphatic heterocycles. The van der Waals surface area contributed by atoms with Crippen molar-refractivity contribution in [3.8, 4) is 22.6 Å². The minimum Gasteiger partial charge on any atom is -0.506 e. The molecule has 0 spiro atoms. The standard InChI is InChI=1S/C21H20Cl2N6O2.C2H6/c1-31-15-8-14(30)17(22)16(18(15)23)11-7-10-9-26-21(27-13-4-2-3-12(13)24)28-19(10)29-6-5-25-20(11)29;1-2/h5-9,12-13,30H,2-4,24H2,1H3,(H,26,27,28);1-2H3. The second-order valence-corrected chi connectivity index (χ2v) is 8.35. The maximum absolute atomic E-state index is 10.3. The van der Waals surface area contributed by atoms with Gasteiger partial charge in [-0.15, -0.1) is 0 Å². The largest absolute Gasteiger partial charge is 0.506 e. The van der Waals surface area contributed by atoms with Crippen LogP contribution in [-0.2, 0) is 0 Å². The molecule has 0 amide bonds. The van der Waals surface area contributed by atoms with Gasteiger partial charge in [0, 0.05) is 53.3 Å². The van der Waals surface area contributed by atoms with Crippen LogP contribution in [0, 0.1) is 0 Å². The summed E-state index contributed by atoms with van der Waals surface area (Å²) >= 11 is 13.0. The molecule has 0 radical (unpaired) electrons. The average molecular weight is 489 g/mol. The molecule has 1 aliphatic carbocycles. The molecule has 4 aromatic rings. The molecule has 3 heterocycles. The Hall–Kier alpha value is -2.81. The summed E-state index contributed by atoms with van der Waals surface area (Å²) in [6, 6.07) is 3.49. The van der Waals surface area contributed by atoms with Crippen LogP contribution < -0.4 is 15.8 Å². The van der Waals surface area contributed by atoms with Crippen molar-refractivity contribution in [1.82, 2.24) is 19.4 Å². The highest BCUT2D eigenvalue weighted by Gasteiger charge is 2.25. The predicted octanol–water partition coefficient (Wildman–Crippen LogP) is 5.28. The lowest BCUT2D eigenvalue weighted by molar-refractivity contribution is 0.408. The Balaban J connectivity index is 0.00000126. The third-order valence-electron chi connectivity index (χ3n) is 5.73. The maximum atomic E-state index is 10.3. The number of hydrogen-bond acceptors (Lipinski definition) is 7. The van der Waals surface area contributed by atoms with Gasteiger partial charge < -0.3 is 20.9 Å². The number of nitrogens with zero attached hydrogens (tertiary/aromatic N) is 4. The summed E-state index contributed by atoms with van der Waals surface area (Å²) in [5.41, 5.74) is 8.50. The first kappa shape index (κ1) is 23.4. The van der Waals surface area contributed by atoms with E-state index in [1.807, 2.05) is 24.3 Å². The molecule has 1 fully saturated rings. The number of phenols is 1. The van der Waals surface area contributed by atoms with Crippen molar-refractivity contribution < 1.29 is 9.84 Å². The number of phenolic OH excluding ortho intramolecular Hbond substituents is 1. The zero-order chi connectivity index (χ0) is 23.7. The Morgan fingerprint density at radius 3 is 2.64 bits per heavy atom. The quantitative estimate of drug-likeness (QED) is 0.358. The second kappa shape index (κ2) is 9.59. The molecule has 4 N–H and O–H groups in total. The van der Waals surface area contributed by atoms with Gasteiger partial charge in [0.25, 0.3) is 0 Å². The minimum absolute atomic E-state index is 0.0972. The molecule has 10 heteroatoms. The number of methoxy groups -OCH3 is 1. The van der Waals surface area contributed by atoms with Crippen molar-refractivity contribution in [1.29, 1.82) is 0 Å². The van der Waals surface area contributed by atoms with E-state index in [0.29, 0.717) is 34.1 Å². The van der Waals surface area contributed by atoms with Crippen LogP contribution in [0.1, 0.15) is 33.1 Å². The van der Waals surface area contributed by atoms with Gasteiger partial charge in [0.15, 0.2) is 5.65 Å². The molecule has 2 unspecified atom stereocenters. The lowest BCUT2D eigenvalue weighted by Gasteiger charge is -2.18. The normalized spacial score (nSPS) is 17.8. The van der Waals surface area contributed by atoms with Crippen LogP contribution in [0.2, 0.25) is 10.0 Å². The SMILES string of the molecule is CC.COc1cc(O)c(Cl)c(-c2cc3cnc(NC4CCCC4N)nc3n3ccnc23)c1Cl. The van der Waals surface area contributed by atoms with E-state index in [0.717, 1.165) is 24.6 Å². The number of hydrogen-bond donors (Lipinski definition) is 3. The smallest absolute Gasteiger partial charge is 0.224 e. The van der Waals surface area contributed by atoms with Crippen molar-refractivity contribution >= 4 is 45.8 Å². The molecular weight excluding hydrogens is 463 g/mol. The fourth-order valence-electron chi connectivity index (χ4n) is 4.14. The zero-order valence-electron chi connectivity index (χ0n) is 18.6. The number of nitrogens with two attached hydrogens (primary N) is 1. The van der Waals surface area contributed by atoms with Gasteiger partial charge in [-0.3, -0.25) is 4.40 Å². The van der Waals surface area contributed by atoms with Crippen LogP contribution in [0.4, 0.5) is 5.95 Å². The van der Waals surface area contributed by atoms with Gasteiger partial charge in [-0.2, -0.15) is 4.98 Å². The number of pyridine rings is 1. The van der Waals surface area contributed by atoms with Gasteiger partial charge in [0.05, 0.1) is 17.2 Å². The molecule has 8 nitrogen and oxygen atoms in total. The van der Waals surface area contributed by atoms with Crippen LogP contribution in [-0.4, -0.2) is 43.7 Å². The van der Waals surface area contributed by atoms with Crippen LogP contribution in [0.3, 0.4) is 0 Å². The van der Waals surface area contributed by atoms with E-state index in [9.17, 15) is 5.11 Å².